The molecule has 0 aliphatic heterocycles. The molecule has 0 bridgehead atoms. The van der Waals surface area contributed by atoms with E-state index in [1.807, 2.05) is 48.1 Å². The fourth-order valence-electron chi connectivity index (χ4n) is 2.46. The molecule has 0 aliphatic rings. The fourth-order valence-corrected chi connectivity index (χ4v) is 3.26. The zero-order valence-electron chi connectivity index (χ0n) is 15.0. The predicted octanol–water partition coefficient (Wildman–Crippen LogP) is 2.39. The average molecular weight is 383 g/mol. The molecule has 0 saturated carbocycles. The van der Waals surface area contributed by atoms with E-state index in [9.17, 15) is 9.59 Å². The SMILES string of the molecule is Cc1cnn(CCCNC(=O)c2cnc(CSc3ccccc3)[nH]c2=O)c1. The van der Waals surface area contributed by atoms with Gasteiger partial charge in [-0.05, 0) is 31.0 Å². The second-order valence-electron chi connectivity index (χ2n) is 6.06. The number of benzene rings is 1. The van der Waals surface area contributed by atoms with Crippen LogP contribution in [0.5, 0.6) is 0 Å². The molecule has 0 unspecified atom stereocenters. The van der Waals surface area contributed by atoms with E-state index in [1.54, 1.807) is 18.0 Å². The number of rotatable bonds is 8. The van der Waals surface area contributed by atoms with Crippen LogP contribution < -0.4 is 10.9 Å². The number of amides is 1. The highest BCUT2D eigenvalue weighted by Crippen LogP contribution is 2.19. The quantitative estimate of drug-likeness (QED) is 0.460. The molecule has 0 radical (unpaired) electrons. The van der Waals surface area contributed by atoms with Crippen molar-refractivity contribution in [1.29, 1.82) is 0 Å². The van der Waals surface area contributed by atoms with E-state index in [0.717, 1.165) is 16.9 Å². The van der Waals surface area contributed by atoms with Gasteiger partial charge < -0.3 is 10.3 Å². The molecule has 3 rings (SSSR count). The number of nitrogens with zero attached hydrogens (tertiary/aromatic N) is 3. The highest BCUT2D eigenvalue weighted by atomic mass is 32.2. The van der Waals surface area contributed by atoms with Crippen molar-refractivity contribution in [3.05, 3.63) is 76.2 Å². The molecule has 0 atom stereocenters. The summed E-state index contributed by atoms with van der Waals surface area (Å²) >= 11 is 1.57. The minimum Gasteiger partial charge on any atom is -0.352 e. The van der Waals surface area contributed by atoms with Crippen LogP contribution in [0.4, 0.5) is 0 Å². The molecule has 27 heavy (non-hydrogen) atoms. The lowest BCUT2D eigenvalue weighted by atomic mass is 10.3. The molecule has 1 amide bonds. The van der Waals surface area contributed by atoms with Gasteiger partial charge in [-0.15, -0.1) is 11.8 Å². The number of nitrogens with one attached hydrogen (secondary N) is 2. The monoisotopic (exact) mass is 383 g/mol. The van der Waals surface area contributed by atoms with E-state index >= 15 is 0 Å². The number of H-pyrrole nitrogens is 1. The molecule has 2 aromatic heterocycles. The van der Waals surface area contributed by atoms with Crippen molar-refractivity contribution in [3.8, 4) is 0 Å². The molecule has 3 aromatic rings. The van der Waals surface area contributed by atoms with Crippen LogP contribution in [-0.2, 0) is 12.3 Å². The van der Waals surface area contributed by atoms with Gasteiger partial charge in [-0.3, -0.25) is 14.3 Å². The molecule has 8 heteroatoms. The molecule has 2 heterocycles. The van der Waals surface area contributed by atoms with Gasteiger partial charge in [0.05, 0.1) is 11.9 Å². The Morgan fingerprint density at radius 1 is 1.26 bits per heavy atom. The molecule has 0 spiro atoms. The number of aromatic nitrogens is 4. The Kier molecular flexibility index (Phi) is 6.43. The normalized spacial score (nSPS) is 10.7. The van der Waals surface area contributed by atoms with Crippen molar-refractivity contribution in [2.24, 2.45) is 0 Å². The topological polar surface area (TPSA) is 92.7 Å². The maximum Gasteiger partial charge on any atom is 0.263 e. The van der Waals surface area contributed by atoms with Gasteiger partial charge in [-0.1, -0.05) is 18.2 Å². The first kappa shape index (κ1) is 18.9. The van der Waals surface area contributed by atoms with Crippen LogP contribution in [0.3, 0.4) is 0 Å². The van der Waals surface area contributed by atoms with Crippen LogP contribution in [0.1, 0.15) is 28.2 Å². The van der Waals surface area contributed by atoms with Crippen molar-refractivity contribution in [2.75, 3.05) is 6.54 Å². The summed E-state index contributed by atoms with van der Waals surface area (Å²) in [6.45, 7) is 3.15. The minimum absolute atomic E-state index is 0.0263. The zero-order chi connectivity index (χ0) is 19.1. The molecule has 2 N–H and O–H groups in total. The Morgan fingerprint density at radius 3 is 2.78 bits per heavy atom. The molecule has 0 saturated heterocycles. The predicted molar refractivity (Wildman–Crippen MR) is 105 cm³/mol. The fraction of sp³-hybridized carbons (Fsp3) is 0.263. The van der Waals surface area contributed by atoms with E-state index in [4.69, 9.17) is 0 Å². The number of aromatic amines is 1. The van der Waals surface area contributed by atoms with Gasteiger partial charge in [-0.25, -0.2) is 4.98 Å². The van der Waals surface area contributed by atoms with Crippen LogP contribution in [0.15, 0.2) is 58.6 Å². The second kappa shape index (κ2) is 9.18. The largest absolute Gasteiger partial charge is 0.352 e. The van der Waals surface area contributed by atoms with E-state index in [-0.39, 0.29) is 5.56 Å². The minimum atomic E-state index is -0.422. The molecule has 1 aromatic carbocycles. The molecule has 0 aliphatic carbocycles. The van der Waals surface area contributed by atoms with Crippen LogP contribution in [0, 0.1) is 6.92 Å². The van der Waals surface area contributed by atoms with Gasteiger partial charge >= 0.3 is 0 Å². The third-order valence-corrected chi connectivity index (χ3v) is 4.85. The van der Waals surface area contributed by atoms with Crippen molar-refractivity contribution in [1.82, 2.24) is 25.1 Å². The first-order valence-corrected chi connectivity index (χ1v) is 9.63. The van der Waals surface area contributed by atoms with Crippen LogP contribution >= 0.6 is 11.8 Å². The highest BCUT2D eigenvalue weighted by Gasteiger charge is 2.11. The molecular formula is C19H21N5O2S. The number of hydrogen-bond acceptors (Lipinski definition) is 5. The van der Waals surface area contributed by atoms with Crippen molar-refractivity contribution < 1.29 is 4.79 Å². The summed E-state index contributed by atoms with van der Waals surface area (Å²) in [5.41, 5.74) is 0.703. The average Bonchev–Trinajstić information content (AvgIpc) is 3.09. The van der Waals surface area contributed by atoms with E-state index < -0.39 is 11.5 Å². The maximum atomic E-state index is 12.2. The molecule has 0 fully saturated rings. The van der Waals surface area contributed by atoms with Crippen LogP contribution in [0.25, 0.3) is 0 Å². The number of carbonyl (C=O) groups excluding carboxylic acids is 1. The summed E-state index contributed by atoms with van der Waals surface area (Å²) in [6, 6.07) is 9.86. The lowest BCUT2D eigenvalue weighted by Gasteiger charge is -2.06. The molecule has 140 valence electrons. The van der Waals surface area contributed by atoms with E-state index in [1.165, 1.54) is 6.20 Å². The van der Waals surface area contributed by atoms with E-state index in [2.05, 4.69) is 20.4 Å². The zero-order valence-corrected chi connectivity index (χ0v) is 15.8. The number of hydrogen-bond donors (Lipinski definition) is 2. The van der Waals surface area contributed by atoms with Gasteiger partial charge in [0.15, 0.2) is 0 Å². The van der Waals surface area contributed by atoms with Gasteiger partial charge in [0.2, 0.25) is 0 Å². The van der Waals surface area contributed by atoms with Crippen molar-refractivity contribution in [3.63, 3.8) is 0 Å². The summed E-state index contributed by atoms with van der Waals surface area (Å²) in [5, 5.41) is 6.94. The Morgan fingerprint density at radius 2 is 2.07 bits per heavy atom. The first-order chi connectivity index (χ1) is 13.1. The summed E-state index contributed by atoms with van der Waals surface area (Å²) < 4.78 is 1.83. The summed E-state index contributed by atoms with van der Waals surface area (Å²) in [5.74, 6) is 0.659. The van der Waals surface area contributed by atoms with Gasteiger partial charge in [0.25, 0.3) is 11.5 Å². The van der Waals surface area contributed by atoms with Gasteiger partial charge in [0, 0.05) is 30.4 Å². The van der Waals surface area contributed by atoms with E-state index in [0.29, 0.717) is 24.7 Å². The highest BCUT2D eigenvalue weighted by molar-refractivity contribution is 7.98. The van der Waals surface area contributed by atoms with Gasteiger partial charge in [0.1, 0.15) is 11.4 Å². The number of carbonyl (C=O) groups is 1. The maximum absolute atomic E-state index is 12.2. The Hall–Kier alpha value is -2.87. The van der Waals surface area contributed by atoms with Gasteiger partial charge in [-0.2, -0.15) is 5.10 Å². The smallest absolute Gasteiger partial charge is 0.263 e. The third-order valence-electron chi connectivity index (χ3n) is 3.83. The Bertz CT molecular complexity index is 952. The molecular weight excluding hydrogens is 362 g/mol. The summed E-state index contributed by atoms with van der Waals surface area (Å²) in [4.78, 5) is 32.3. The van der Waals surface area contributed by atoms with Crippen molar-refractivity contribution in [2.45, 2.75) is 30.5 Å². The van der Waals surface area contributed by atoms with Crippen molar-refractivity contribution >= 4 is 17.7 Å². The lowest BCUT2D eigenvalue weighted by molar-refractivity contribution is 0.0950. The van der Waals surface area contributed by atoms with Crippen LogP contribution in [0.2, 0.25) is 0 Å². The lowest BCUT2D eigenvalue weighted by Crippen LogP contribution is -2.31. The van der Waals surface area contributed by atoms with Crippen LogP contribution in [-0.4, -0.2) is 32.2 Å². The Labute approximate surface area is 161 Å². The summed E-state index contributed by atoms with van der Waals surface area (Å²) in [7, 11) is 0. The number of thioether (sulfide) groups is 1. The first-order valence-electron chi connectivity index (χ1n) is 8.65. The standard InChI is InChI=1S/C19H21N5O2S/c1-14-10-22-24(12-14)9-5-8-20-18(25)16-11-21-17(23-19(16)26)13-27-15-6-3-2-4-7-15/h2-4,6-7,10-12H,5,8-9,13H2,1H3,(H,20,25)(H,21,23,26). The number of aryl methyl sites for hydroxylation is 2. The Balaban J connectivity index is 1.49. The third kappa shape index (κ3) is 5.55. The summed E-state index contributed by atoms with van der Waals surface area (Å²) in [6.07, 6.45) is 5.81. The second-order valence-corrected chi connectivity index (χ2v) is 7.11. The molecule has 7 nitrogen and oxygen atoms in total.